The van der Waals surface area contributed by atoms with Gasteiger partial charge in [0.1, 0.15) is 12.4 Å². The molecule has 1 atom stereocenters. The Morgan fingerprint density at radius 2 is 1.73 bits per heavy atom. The smallest absolute Gasteiger partial charge is 0.167 e. The molecule has 0 saturated heterocycles. The second-order valence-corrected chi connectivity index (χ2v) is 9.11. The Bertz CT molecular complexity index is 1140. The summed E-state index contributed by atoms with van der Waals surface area (Å²) in [4.78, 5) is 4.45. The number of benzene rings is 2. The molecule has 1 aromatic heterocycles. The van der Waals surface area contributed by atoms with Gasteiger partial charge in [0.2, 0.25) is 0 Å². The van der Waals surface area contributed by atoms with Crippen LogP contribution in [0.5, 0.6) is 5.75 Å². The van der Waals surface area contributed by atoms with Crippen LogP contribution in [0.25, 0.3) is 28.5 Å². The zero-order valence-corrected chi connectivity index (χ0v) is 21.9. The van der Waals surface area contributed by atoms with Crippen LogP contribution < -0.4 is 4.74 Å². The van der Waals surface area contributed by atoms with E-state index < -0.39 is 11.6 Å². The SMILES string of the molecule is C=CCOc1ccc(-c2ccc(-c3ccc(C=CCCCC(C)OCCCCC)c(F)c3F)cn2)cc1. The molecule has 0 spiro atoms. The Kier molecular flexibility index (Phi) is 11.5. The van der Waals surface area contributed by atoms with Crippen LogP contribution in [0.3, 0.4) is 0 Å². The van der Waals surface area contributed by atoms with Crippen molar-refractivity contribution >= 4 is 6.08 Å². The van der Waals surface area contributed by atoms with E-state index in [1.54, 1.807) is 42.6 Å². The van der Waals surface area contributed by atoms with Crippen molar-refractivity contribution in [3.05, 3.63) is 90.7 Å². The van der Waals surface area contributed by atoms with Crippen LogP contribution in [-0.4, -0.2) is 24.3 Å². The minimum absolute atomic E-state index is 0.191. The lowest BCUT2D eigenvalue weighted by atomic mass is 10.0. The summed E-state index contributed by atoms with van der Waals surface area (Å²) in [5, 5.41) is 0. The lowest BCUT2D eigenvalue weighted by molar-refractivity contribution is 0.0566. The van der Waals surface area contributed by atoms with Crippen LogP contribution >= 0.6 is 0 Å². The van der Waals surface area contributed by atoms with E-state index in [9.17, 15) is 8.78 Å². The predicted octanol–water partition coefficient (Wildman–Crippen LogP) is 9.04. The van der Waals surface area contributed by atoms with E-state index in [2.05, 4.69) is 25.4 Å². The quantitative estimate of drug-likeness (QED) is 0.152. The van der Waals surface area contributed by atoms with E-state index in [4.69, 9.17) is 9.47 Å². The molecular formula is C32H37F2NO2. The van der Waals surface area contributed by atoms with Crippen molar-refractivity contribution in [3.63, 3.8) is 0 Å². The summed E-state index contributed by atoms with van der Waals surface area (Å²) >= 11 is 0. The van der Waals surface area contributed by atoms with Crippen molar-refractivity contribution < 1.29 is 18.3 Å². The first-order valence-corrected chi connectivity index (χ1v) is 13.1. The first-order chi connectivity index (χ1) is 18.0. The number of allylic oxidation sites excluding steroid dienone is 1. The van der Waals surface area contributed by atoms with Gasteiger partial charge in [-0.25, -0.2) is 8.78 Å². The number of halogens is 2. The van der Waals surface area contributed by atoms with Gasteiger partial charge < -0.3 is 9.47 Å². The summed E-state index contributed by atoms with van der Waals surface area (Å²) in [5.74, 6) is -0.969. The standard InChI is InChI=1S/C32H37F2NO2/c1-4-6-10-22-36-24(3)11-8-7-9-12-26-15-19-29(32(34)31(26)33)27-16-20-30(35-23-27)25-13-17-28(18-14-25)37-21-5-2/h5,9,12-20,23-24H,2,4,6-8,10-11,21-22H2,1,3H3. The maximum Gasteiger partial charge on any atom is 0.167 e. The number of aromatic nitrogens is 1. The van der Waals surface area contributed by atoms with E-state index in [0.717, 1.165) is 49.3 Å². The maximum absolute atomic E-state index is 14.9. The molecule has 1 heterocycles. The average Bonchev–Trinajstić information content (AvgIpc) is 2.92. The highest BCUT2D eigenvalue weighted by molar-refractivity contribution is 5.69. The molecule has 0 saturated carbocycles. The van der Waals surface area contributed by atoms with E-state index in [-0.39, 0.29) is 17.2 Å². The van der Waals surface area contributed by atoms with Gasteiger partial charge in [0.05, 0.1) is 11.8 Å². The third-order valence-corrected chi connectivity index (χ3v) is 6.13. The molecule has 0 aliphatic heterocycles. The summed E-state index contributed by atoms with van der Waals surface area (Å²) in [6, 6.07) is 14.3. The van der Waals surface area contributed by atoms with Gasteiger partial charge in [-0.05, 0) is 62.9 Å². The number of unbranched alkanes of at least 4 members (excludes halogenated alkanes) is 3. The molecule has 1 unspecified atom stereocenters. The Morgan fingerprint density at radius 1 is 0.946 bits per heavy atom. The third kappa shape index (κ3) is 8.64. The zero-order valence-electron chi connectivity index (χ0n) is 21.9. The van der Waals surface area contributed by atoms with Crippen molar-refractivity contribution in [1.82, 2.24) is 4.98 Å². The van der Waals surface area contributed by atoms with Gasteiger partial charge in [-0.2, -0.15) is 0 Å². The molecule has 0 fully saturated rings. The molecule has 0 aliphatic rings. The summed E-state index contributed by atoms with van der Waals surface area (Å²) in [6.45, 7) is 9.14. The van der Waals surface area contributed by atoms with Crippen LogP contribution in [0.4, 0.5) is 8.78 Å². The highest BCUT2D eigenvalue weighted by atomic mass is 19.2. The fourth-order valence-corrected chi connectivity index (χ4v) is 3.97. The van der Waals surface area contributed by atoms with Gasteiger partial charge in [0, 0.05) is 35.1 Å². The number of pyridine rings is 1. The summed E-state index contributed by atoms with van der Waals surface area (Å²) in [5.41, 5.74) is 2.60. The number of nitrogens with zero attached hydrogens (tertiary/aromatic N) is 1. The van der Waals surface area contributed by atoms with Crippen LogP contribution in [0.1, 0.15) is 57.9 Å². The first kappa shape index (κ1) is 28.3. The Morgan fingerprint density at radius 3 is 2.43 bits per heavy atom. The van der Waals surface area contributed by atoms with Crippen molar-refractivity contribution in [1.29, 1.82) is 0 Å². The van der Waals surface area contributed by atoms with E-state index in [1.807, 2.05) is 30.3 Å². The summed E-state index contributed by atoms with van der Waals surface area (Å²) in [6.07, 6.45) is 13.2. The number of rotatable bonds is 15. The van der Waals surface area contributed by atoms with E-state index in [1.165, 1.54) is 12.8 Å². The van der Waals surface area contributed by atoms with E-state index >= 15 is 0 Å². The summed E-state index contributed by atoms with van der Waals surface area (Å²) < 4.78 is 41.0. The minimum Gasteiger partial charge on any atom is -0.490 e. The Hall–Kier alpha value is -3.31. The molecule has 0 bridgehead atoms. The average molecular weight is 506 g/mol. The number of hydrogen-bond acceptors (Lipinski definition) is 3. The fraction of sp³-hybridized carbons (Fsp3) is 0.344. The van der Waals surface area contributed by atoms with E-state index in [0.29, 0.717) is 12.2 Å². The third-order valence-electron chi connectivity index (χ3n) is 6.13. The second-order valence-electron chi connectivity index (χ2n) is 9.11. The van der Waals surface area contributed by atoms with Crippen molar-refractivity contribution in [2.75, 3.05) is 13.2 Å². The molecule has 2 aromatic carbocycles. The van der Waals surface area contributed by atoms with Gasteiger partial charge >= 0.3 is 0 Å². The highest BCUT2D eigenvalue weighted by Crippen LogP contribution is 2.29. The number of hydrogen-bond donors (Lipinski definition) is 0. The monoisotopic (exact) mass is 505 g/mol. The lowest BCUT2D eigenvalue weighted by Gasteiger charge is -2.12. The van der Waals surface area contributed by atoms with Gasteiger partial charge in [-0.15, -0.1) is 0 Å². The molecule has 3 aromatic rings. The highest BCUT2D eigenvalue weighted by Gasteiger charge is 2.14. The Labute approximate surface area is 219 Å². The molecule has 196 valence electrons. The van der Waals surface area contributed by atoms with Gasteiger partial charge in [0.15, 0.2) is 11.6 Å². The van der Waals surface area contributed by atoms with Crippen LogP contribution in [0, 0.1) is 11.6 Å². The lowest BCUT2D eigenvalue weighted by Crippen LogP contribution is -2.08. The van der Waals surface area contributed by atoms with Crippen molar-refractivity contribution in [2.45, 2.75) is 58.5 Å². The van der Waals surface area contributed by atoms with Crippen LogP contribution in [-0.2, 0) is 4.74 Å². The largest absolute Gasteiger partial charge is 0.490 e. The van der Waals surface area contributed by atoms with Crippen LogP contribution in [0.2, 0.25) is 0 Å². The summed E-state index contributed by atoms with van der Waals surface area (Å²) in [7, 11) is 0. The maximum atomic E-state index is 14.9. The topological polar surface area (TPSA) is 31.4 Å². The Balaban J connectivity index is 1.56. The first-order valence-electron chi connectivity index (χ1n) is 13.1. The molecule has 3 nitrogen and oxygen atoms in total. The molecule has 3 rings (SSSR count). The molecular weight excluding hydrogens is 468 g/mol. The predicted molar refractivity (Wildman–Crippen MR) is 149 cm³/mol. The molecule has 37 heavy (non-hydrogen) atoms. The van der Waals surface area contributed by atoms with Gasteiger partial charge in [-0.1, -0.05) is 62.8 Å². The zero-order chi connectivity index (χ0) is 26.5. The molecule has 0 amide bonds. The fourth-order valence-electron chi connectivity index (χ4n) is 3.97. The van der Waals surface area contributed by atoms with Gasteiger partial charge in [0.25, 0.3) is 0 Å². The molecule has 0 aliphatic carbocycles. The van der Waals surface area contributed by atoms with Crippen LogP contribution in [0.15, 0.2) is 73.5 Å². The van der Waals surface area contributed by atoms with Crippen molar-refractivity contribution in [2.24, 2.45) is 0 Å². The number of ether oxygens (including phenoxy) is 2. The molecule has 0 N–H and O–H groups in total. The second kappa shape index (κ2) is 15.1. The van der Waals surface area contributed by atoms with Crippen molar-refractivity contribution in [3.8, 4) is 28.1 Å². The minimum atomic E-state index is -0.866. The molecule has 0 radical (unpaired) electrons. The molecule has 5 heteroatoms. The normalized spacial score (nSPS) is 12.1. The van der Waals surface area contributed by atoms with Gasteiger partial charge in [-0.3, -0.25) is 4.98 Å².